The highest BCUT2D eigenvalue weighted by atomic mass is 16.1. The van der Waals surface area contributed by atoms with E-state index in [-0.39, 0.29) is 5.41 Å². The van der Waals surface area contributed by atoms with Crippen LogP contribution in [0.2, 0.25) is 0 Å². The molecule has 0 amide bonds. The van der Waals surface area contributed by atoms with Crippen LogP contribution in [-0.4, -0.2) is 5.78 Å². The Balaban J connectivity index is 2.08. The van der Waals surface area contributed by atoms with E-state index in [0.717, 1.165) is 31.3 Å². The summed E-state index contributed by atoms with van der Waals surface area (Å²) in [6.07, 6.45) is 12.9. The summed E-state index contributed by atoms with van der Waals surface area (Å²) in [4.78, 5) is 12.4. The molecule has 0 unspecified atom stereocenters. The van der Waals surface area contributed by atoms with Crippen LogP contribution in [0.3, 0.4) is 0 Å². The van der Waals surface area contributed by atoms with Crippen molar-refractivity contribution in [2.75, 3.05) is 0 Å². The second kappa shape index (κ2) is 4.51. The molecule has 84 valence electrons. The van der Waals surface area contributed by atoms with Crippen LogP contribution in [0, 0.1) is 5.41 Å². The molecule has 2 aliphatic rings. The first kappa shape index (κ1) is 10.9. The number of rotatable bonds is 2. The molecule has 1 fully saturated rings. The van der Waals surface area contributed by atoms with Crippen LogP contribution >= 0.6 is 0 Å². The molecule has 0 aromatic carbocycles. The van der Waals surface area contributed by atoms with Crippen molar-refractivity contribution in [2.24, 2.45) is 5.41 Å². The van der Waals surface area contributed by atoms with E-state index in [1.165, 1.54) is 32.1 Å². The van der Waals surface area contributed by atoms with E-state index >= 15 is 0 Å². The monoisotopic (exact) mass is 206 g/mol. The van der Waals surface area contributed by atoms with Crippen molar-refractivity contribution < 1.29 is 4.79 Å². The van der Waals surface area contributed by atoms with Gasteiger partial charge in [0.25, 0.3) is 0 Å². The SMILES string of the molecule is CC1(C(=O)C2=CCCCC2)CCCCC1. The highest BCUT2D eigenvalue weighted by Crippen LogP contribution is 2.39. The number of carbonyl (C=O) groups is 1. The topological polar surface area (TPSA) is 17.1 Å². The van der Waals surface area contributed by atoms with Crippen molar-refractivity contribution in [3.8, 4) is 0 Å². The van der Waals surface area contributed by atoms with Crippen LogP contribution in [-0.2, 0) is 4.79 Å². The van der Waals surface area contributed by atoms with Crippen LogP contribution in [0.25, 0.3) is 0 Å². The molecule has 0 N–H and O–H groups in total. The number of Topliss-reactive ketones (excluding diaryl/α,β-unsaturated/α-hetero) is 1. The molecule has 1 saturated carbocycles. The lowest BCUT2D eigenvalue weighted by Gasteiger charge is -2.33. The lowest BCUT2D eigenvalue weighted by molar-refractivity contribution is -0.125. The Bertz CT molecular complexity index is 269. The van der Waals surface area contributed by atoms with Gasteiger partial charge < -0.3 is 0 Å². The van der Waals surface area contributed by atoms with Gasteiger partial charge in [0, 0.05) is 5.41 Å². The molecule has 0 saturated heterocycles. The fourth-order valence-electron chi connectivity index (χ4n) is 2.99. The summed E-state index contributed by atoms with van der Waals surface area (Å²) in [5.74, 6) is 0.474. The van der Waals surface area contributed by atoms with Crippen molar-refractivity contribution in [2.45, 2.75) is 64.7 Å². The molecule has 1 heteroatoms. The molecule has 0 atom stereocenters. The number of ketones is 1. The highest BCUT2D eigenvalue weighted by molar-refractivity contribution is 5.99. The average Bonchev–Trinajstić information content (AvgIpc) is 2.30. The van der Waals surface area contributed by atoms with Gasteiger partial charge in [-0.25, -0.2) is 0 Å². The van der Waals surface area contributed by atoms with Gasteiger partial charge in [-0.3, -0.25) is 4.79 Å². The van der Waals surface area contributed by atoms with Crippen molar-refractivity contribution >= 4 is 5.78 Å². The smallest absolute Gasteiger partial charge is 0.164 e. The minimum absolute atomic E-state index is 0.0125. The summed E-state index contributed by atoms with van der Waals surface area (Å²) in [7, 11) is 0. The Morgan fingerprint density at radius 3 is 2.47 bits per heavy atom. The third kappa shape index (κ3) is 2.32. The third-order valence-electron chi connectivity index (χ3n) is 4.09. The third-order valence-corrected chi connectivity index (χ3v) is 4.09. The second-order valence-electron chi connectivity index (χ2n) is 5.43. The predicted octanol–water partition coefficient (Wildman–Crippen LogP) is 4.03. The maximum atomic E-state index is 12.4. The van der Waals surface area contributed by atoms with Gasteiger partial charge >= 0.3 is 0 Å². The molecular formula is C14H22O. The van der Waals surface area contributed by atoms with Crippen molar-refractivity contribution in [1.29, 1.82) is 0 Å². The summed E-state index contributed by atoms with van der Waals surface area (Å²) in [6, 6.07) is 0. The van der Waals surface area contributed by atoms with Crippen LogP contribution in [0.5, 0.6) is 0 Å². The van der Waals surface area contributed by atoms with Gasteiger partial charge in [0.1, 0.15) is 0 Å². The Hall–Kier alpha value is -0.590. The van der Waals surface area contributed by atoms with Gasteiger partial charge in [0.05, 0.1) is 0 Å². The molecule has 2 rings (SSSR count). The Morgan fingerprint density at radius 1 is 1.13 bits per heavy atom. The minimum Gasteiger partial charge on any atom is -0.294 e. The highest BCUT2D eigenvalue weighted by Gasteiger charge is 2.35. The molecule has 0 heterocycles. The van der Waals surface area contributed by atoms with Gasteiger partial charge in [-0.05, 0) is 44.1 Å². The maximum absolute atomic E-state index is 12.4. The van der Waals surface area contributed by atoms with Crippen LogP contribution in [0.1, 0.15) is 64.7 Å². The van der Waals surface area contributed by atoms with Crippen LogP contribution in [0.4, 0.5) is 0 Å². The molecule has 0 spiro atoms. The van der Waals surface area contributed by atoms with E-state index in [0.29, 0.717) is 5.78 Å². The Morgan fingerprint density at radius 2 is 1.87 bits per heavy atom. The number of hydrogen-bond donors (Lipinski definition) is 0. The normalized spacial score (nSPS) is 25.8. The van der Waals surface area contributed by atoms with Crippen molar-refractivity contribution in [3.63, 3.8) is 0 Å². The molecule has 0 aromatic rings. The quantitative estimate of drug-likeness (QED) is 0.666. The average molecular weight is 206 g/mol. The fraction of sp³-hybridized carbons (Fsp3) is 0.786. The second-order valence-corrected chi connectivity index (χ2v) is 5.43. The number of carbonyl (C=O) groups excluding carboxylic acids is 1. The summed E-state index contributed by atoms with van der Waals surface area (Å²) >= 11 is 0. The van der Waals surface area contributed by atoms with E-state index in [9.17, 15) is 4.79 Å². The van der Waals surface area contributed by atoms with Crippen molar-refractivity contribution in [1.82, 2.24) is 0 Å². The minimum atomic E-state index is -0.0125. The van der Waals surface area contributed by atoms with Gasteiger partial charge in [0.2, 0.25) is 0 Å². The van der Waals surface area contributed by atoms with Crippen LogP contribution < -0.4 is 0 Å². The Labute approximate surface area is 92.9 Å². The molecule has 0 bridgehead atoms. The fourth-order valence-corrected chi connectivity index (χ4v) is 2.99. The van der Waals surface area contributed by atoms with E-state index in [1.807, 2.05) is 0 Å². The number of allylic oxidation sites excluding steroid dienone is 2. The summed E-state index contributed by atoms with van der Waals surface area (Å²) in [6.45, 7) is 2.18. The summed E-state index contributed by atoms with van der Waals surface area (Å²) in [5, 5.41) is 0. The number of hydrogen-bond acceptors (Lipinski definition) is 1. The zero-order valence-electron chi connectivity index (χ0n) is 9.85. The van der Waals surface area contributed by atoms with Crippen molar-refractivity contribution in [3.05, 3.63) is 11.6 Å². The van der Waals surface area contributed by atoms with E-state index in [4.69, 9.17) is 0 Å². The van der Waals surface area contributed by atoms with E-state index in [1.54, 1.807) is 0 Å². The van der Waals surface area contributed by atoms with Gasteiger partial charge in [0.15, 0.2) is 5.78 Å². The molecule has 15 heavy (non-hydrogen) atoms. The van der Waals surface area contributed by atoms with E-state index < -0.39 is 0 Å². The predicted molar refractivity (Wildman–Crippen MR) is 62.8 cm³/mol. The molecule has 2 aliphatic carbocycles. The molecular weight excluding hydrogens is 184 g/mol. The first-order valence-corrected chi connectivity index (χ1v) is 6.46. The molecule has 0 aliphatic heterocycles. The lowest BCUT2D eigenvalue weighted by Crippen LogP contribution is -2.31. The largest absolute Gasteiger partial charge is 0.294 e. The lowest BCUT2D eigenvalue weighted by atomic mass is 9.70. The summed E-state index contributed by atoms with van der Waals surface area (Å²) in [5.41, 5.74) is 1.13. The van der Waals surface area contributed by atoms with Gasteiger partial charge in [-0.2, -0.15) is 0 Å². The summed E-state index contributed by atoms with van der Waals surface area (Å²) < 4.78 is 0. The zero-order valence-corrected chi connectivity index (χ0v) is 9.85. The van der Waals surface area contributed by atoms with Gasteiger partial charge in [-0.15, -0.1) is 0 Å². The molecule has 0 radical (unpaired) electrons. The van der Waals surface area contributed by atoms with Gasteiger partial charge in [-0.1, -0.05) is 32.3 Å². The maximum Gasteiger partial charge on any atom is 0.164 e. The molecule has 0 aromatic heterocycles. The first-order chi connectivity index (χ1) is 7.22. The first-order valence-electron chi connectivity index (χ1n) is 6.46. The zero-order chi connectivity index (χ0) is 10.7. The van der Waals surface area contributed by atoms with E-state index in [2.05, 4.69) is 13.0 Å². The molecule has 1 nitrogen and oxygen atoms in total. The standard InChI is InChI=1S/C14H22O/c1-14(10-6-3-7-11-14)13(15)12-8-4-2-5-9-12/h8H,2-7,9-11H2,1H3. The van der Waals surface area contributed by atoms with Crippen LogP contribution in [0.15, 0.2) is 11.6 Å². The Kier molecular flexibility index (Phi) is 3.28.